The van der Waals surface area contributed by atoms with Crippen molar-refractivity contribution in [1.29, 1.82) is 0 Å². The first-order valence-electron chi connectivity index (χ1n) is 11.3. The van der Waals surface area contributed by atoms with Crippen molar-refractivity contribution in [2.75, 3.05) is 13.1 Å². The number of hydrogen-bond donors (Lipinski definition) is 6. The molecule has 12 nitrogen and oxygen atoms in total. The summed E-state index contributed by atoms with van der Waals surface area (Å²) in [6.07, 6.45) is 1.64. The molecule has 0 radical (unpaired) electrons. The van der Waals surface area contributed by atoms with Gasteiger partial charge in [-0.15, -0.1) is 0 Å². The number of aliphatic carboxylic acids is 2. The second kappa shape index (κ2) is 13.7. The minimum absolute atomic E-state index is 0.192. The van der Waals surface area contributed by atoms with Crippen molar-refractivity contribution >= 4 is 29.7 Å². The van der Waals surface area contributed by atoms with Crippen LogP contribution in [0.1, 0.15) is 58.8 Å². The molecule has 0 aromatic rings. The average Bonchev–Trinajstić information content (AvgIpc) is 3.24. The molecule has 8 N–H and O–H groups in total. The van der Waals surface area contributed by atoms with Crippen LogP contribution in [0.4, 0.5) is 0 Å². The van der Waals surface area contributed by atoms with Crippen molar-refractivity contribution in [2.45, 2.75) is 83.0 Å². The molecule has 188 valence electrons. The number of hydrogen-bond acceptors (Lipinski definition) is 7. The summed E-state index contributed by atoms with van der Waals surface area (Å²) in [5, 5.41) is 23.5. The normalized spacial score (nSPS) is 18.5. The fraction of sp³-hybridized carbons (Fsp3) is 0.762. The Balaban J connectivity index is 3.02. The van der Waals surface area contributed by atoms with Crippen LogP contribution in [0.2, 0.25) is 0 Å². The summed E-state index contributed by atoms with van der Waals surface area (Å²) in [5.41, 5.74) is 11.4. The molecule has 4 atom stereocenters. The fourth-order valence-electron chi connectivity index (χ4n) is 3.62. The van der Waals surface area contributed by atoms with Gasteiger partial charge in [-0.25, -0.2) is 4.79 Å². The van der Waals surface area contributed by atoms with Gasteiger partial charge in [-0.1, -0.05) is 13.8 Å². The van der Waals surface area contributed by atoms with Crippen molar-refractivity contribution in [3.8, 4) is 0 Å². The van der Waals surface area contributed by atoms with Crippen molar-refractivity contribution in [3.63, 3.8) is 0 Å². The SMILES string of the molecule is CC(C)C(N)C(=O)NC(CCC(=O)O)C(=O)NC(CCCCN)C(=O)N1CCCC1C(=O)O. The maximum absolute atomic E-state index is 13.1. The minimum Gasteiger partial charge on any atom is -0.481 e. The Morgan fingerprint density at radius 2 is 1.64 bits per heavy atom. The second-order valence-electron chi connectivity index (χ2n) is 8.64. The number of unbranched alkanes of at least 4 members (excludes halogenated alkanes) is 1. The first kappa shape index (κ1) is 28.3. The molecule has 3 amide bonds. The van der Waals surface area contributed by atoms with E-state index in [0.29, 0.717) is 32.2 Å². The lowest BCUT2D eigenvalue weighted by molar-refractivity contribution is -0.149. The first-order valence-corrected chi connectivity index (χ1v) is 11.3. The quantitative estimate of drug-likeness (QED) is 0.172. The highest BCUT2D eigenvalue weighted by atomic mass is 16.4. The molecule has 33 heavy (non-hydrogen) atoms. The van der Waals surface area contributed by atoms with Gasteiger partial charge in [0.05, 0.1) is 6.04 Å². The van der Waals surface area contributed by atoms with Gasteiger partial charge in [-0.3, -0.25) is 19.2 Å². The van der Waals surface area contributed by atoms with Crippen LogP contribution in [0.3, 0.4) is 0 Å². The summed E-state index contributed by atoms with van der Waals surface area (Å²) in [4.78, 5) is 62.3. The number of carbonyl (C=O) groups is 5. The Morgan fingerprint density at radius 1 is 1.00 bits per heavy atom. The Labute approximate surface area is 193 Å². The van der Waals surface area contributed by atoms with Crippen molar-refractivity contribution in [2.24, 2.45) is 17.4 Å². The maximum atomic E-state index is 13.1. The summed E-state index contributed by atoms with van der Waals surface area (Å²) in [7, 11) is 0. The number of nitrogens with zero attached hydrogens (tertiary/aromatic N) is 1. The second-order valence-corrected chi connectivity index (χ2v) is 8.64. The lowest BCUT2D eigenvalue weighted by Gasteiger charge is -2.29. The number of nitrogens with two attached hydrogens (primary N) is 2. The Hall–Kier alpha value is -2.73. The van der Waals surface area contributed by atoms with Crippen LogP contribution in [-0.4, -0.2) is 82.0 Å². The van der Waals surface area contributed by atoms with E-state index < -0.39 is 53.8 Å². The molecule has 0 aliphatic carbocycles. The van der Waals surface area contributed by atoms with E-state index in [1.807, 2.05) is 0 Å². The van der Waals surface area contributed by atoms with Crippen LogP contribution in [-0.2, 0) is 24.0 Å². The van der Waals surface area contributed by atoms with E-state index in [1.165, 1.54) is 4.90 Å². The largest absolute Gasteiger partial charge is 0.481 e. The zero-order valence-corrected chi connectivity index (χ0v) is 19.3. The van der Waals surface area contributed by atoms with Gasteiger partial charge in [-0.2, -0.15) is 0 Å². The molecule has 0 aromatic carbocycles. The lowest BCUT2D eigenvalue weighted by Crippen LogP contribution is -2.57. The highest BCUT2D eigenvalue weighted by Gasteiger charge is 2.38. The molecule has 1 aliphatic rings. The average molecular weight is 472 g/mol. The van der Waals surface area contributed by atoms with Crippen LogP contribution in [0, 0.1) is 5.92 Å². The van der Waals surface area contributed by atoms with E-state index in [9.17, 15) is 29.1 Å². The molecule has 1 heterocycles. The number of nitrogens with one attached hydrogen (secondary N) is 2. The minimum atomic E-state index is -1.21. The highest BCUT2D eigenvalue weighted by molar-refractivity contribution is 5.94. The van der Waals surface area contributed by atoms with E-state index in [2.05, 4.69) is 10.6 Å². The predicted molar refractivity (Wildman–Crippen MR) is 119 cm³/mol. The maximum Gasteiger partial charge on any atom is 0.326 e. The van der Waals surface area contributed by atoms with Gasteiger partial charge in [0.25, 0.3) is 0 Å². The molecule has 12 heteroatoms. The van der Waals surface area contributed by atoms with E-state index in [0.717, 1.165) is 0 Å². The van der Waals surface area contributed by atoms with Gasteiger partial charge in [-0.05, 0) is 51.0 Å². The van der Waals surface area contributed by atoms with Gasteiger partial charge < -0.3 is 37.2 Å². The molecule has 1 rings (SSSR count). The number of carboxylic acid groups (broad SMARTS) is 2. The zero-order valence-electron chi connectivity index (χ0n) is 19.3. The van der Waals surface area contributed by atoms with Crippen LogP contribution in [0.15, 0.2) is 0 Å². The molecule has 1 fully saturated rings. The third kappa shape index (κ3) is 8.97. The summed E-state index contributed by atoms with van der Waals surface area (Å²) >= 11 is 0. The van der Waals surface area contributed by atoms with Crippen molar-refractivity contribution in [1.82, 2.24) is 15.5 Å². The number of carboxylic acids is 2. The van der Waals surface area contributed by atoms with E-state index in [4.69, 9.17) is 16.6 Å². The Kier molecular flexibility index (Phi) is 11.8. The van der Waals surface area contributed by atoms with E-state index in [1.54, 1.807) is 13.8 Å². The smallest absolute Gasteiger partial charge is 0.326 e. The number of amides is 3. The predicted octanol–water partition coefficient (Wildman–Crippen LogP) is -0.991. The third-order valence-electron chi connectivity index (χ3n) is 5.68. The Morgan fingerprint density at radius 3 is 2.18 bits per heavy atom. The molecule has 0 saturated carbocycles. The molecule has 0 bridgehead atoms. The molecular weight excluding hydrogens is 434 g/mol. The summed E-state index contributed by atoms with van der Waals surface area (Å²) in [5.74, 6) is -4.31. The topological polar surface area (TPSA) is 205 Å². The van der Waals surface area contributed by atoms with Crippen LogP contribution in [0.5, 0.6) is 0 Å². The Bertz CT molecular complexity index is 715. The van der Waals surface area contributed by atoms with Crippen LogP contribution in [0.25, 0.3) is 0 Å². The van der Waals surface area contributed by atoms with E-state index >= 15 is 0 Å². The third-order valence-corrected chi connectivity index (χ3v) is 5.68. The molecule has 1 saturated heterocycles. The van der Waals surface area contributed by atoms with Gasteiger partial charge in [0.15, 0.2) is 0 Å². The zero-order chi connectivity index (χ0) is 25.1. The van der Waals surface area contributed by atoms with Crippen molar-refractivity contribution < 1.29 is 34.2 Å². The van der Waals surface area contributed by atoms with Gasteiger partial charge in [0, 0.05) is 13.0 Å². The fourth-order valence-corrected chi connectivity index (χ4v) is 3.62. The number of carbonyl (C=O) groups excluding carboxylic acids is 3. The monoisotopic (exact) mass is 471 g/mol. The molecular formula is C21H37N5O7. The van der Waals surface area contributed by atoms with Crippen LogP contribution < -0.4 is 22.1 Å². The van der Waals surface area contributed by atoms with E-state index in [-0.39, 0.29) is 31.7 Å². The standard InChI is InChI=1S/C21H37N5O7/c1-12(2)17(23)19(30)24-13(8-9-16(27)28)18(29)25-14(6-3-4-10-22)20(31)26-11-5-7-15(26)21(32)33/h12-15,17H,3-11,22-23H2,1-2H3,(H,24,30)(H,25,29)(H,27,28)(H,32,33). The number of likely N-dealkylation sites (tertiary alicyclic amines) is 1. The van der Waals surface area contributed by atoms with Gasteiger partial charge in [0.1, 0.15) is 18.1 Å². The van der Waals surface area contributed by atoms with Gasteiger partial charge >= 0.3 is 11.9 Å². The van der Waals surface area contributed by atoms with Gasteiger partial charge in [0.2, 0.25) is 17.7 Å². The lowest BCUT2D eigenvalue weighted by atomic mass is 10.0. The van der Waals surface area contributed by atoms with Crippen LogP contribution >= 0.6 is 0 Å². The molecule has 4 unspecified atom stereocenters. The molecule has 1 aliphatic heterocycles. The summed E-state index contributed by atoms with van der Waals surface area (Å²) in [6, 6.07) is -4.09. The van der Waals surface area contributed by atoms with Crippen molar-refractivity contribution in [3.05, 3.63) is 0 Å². The summed E-state index contributed by atoms with van der Waals surface area (Å²) < 4.78 is 0. The molecule has 0 spiro atoms. The summed E-state index contributed by atoms with van der Waals surface area (Å²) in [6.45, 7) is 4.12. The first-order chi connectivity index (χ1) is 15.5. The highest BCUT2D eigenvalue weighted by Crippen LogP contribution is 2.20. The molecule has 0 aromatic heterocycles. The number of rotatable bonds is 14.